The topological polar surface area (TPSA) is 21.3 Å². The summed E-state index contributed by atoms with van der Waals surface area (Å²) in [4.78, 5) is 0. The Morgan fingerprint density at radius 2 is 2.10 bits per heavy atom. The van der Waals surface area contributed by atoms with Gasteiger partial charge in [0.25, 0.3) is 0 Å². The van der Waals surface area contributed by atoms with Crippen molar-refractivity contribution >= 4 is 0 Å². The van der Waals surface area contributed by atoms with Gasteiger partial charge in [-0.2, -0.15) is 0 Å². The molecule has 0 aromatic heterocycles. The van der Waals surface area contributed by atoms with Crippen molar-refractivity contribution in [2.24, 2.45) is 0 Å². The summed E-state index contributed by atoms with van der Waals surface area (Å²) >= 11 is 0. The Labute approximate surface area is 127 Å². The maximum absolute atomic E-state index is 13.3. The maximum Gasteiger partial charge on any atom is 0.123 e. The summed E-state index contributed by atoms with van der Waals surface area (Å²) in [6.45, 7) is 2.94. The lowest BCUT2D eigenvalue weighted by atomic mass is 9.83. The number of benzene rings is 1. The predicted octanol–water partition coefficient (Wildman–Crippen LogP) is 4.36. The fourth-order valence-corrected chi connectivity index (χ4v) is 3.81. The fraction of sp³-hybridized carbons (Fsp3) is 0.667. The van der Waals surface area contributed by atoms with Crippen LogP contribution in [0.15, 0.2) is 24.3 Å². The van der Waals surface area contributed by atoms with E-state index >= 15 is 0 Å². The smallest absolute Gasteiger partial charge is 0.123 e. The van der Waals surface area contributed by atoms with Crippen LogP contribution in [0, 0.1) is 5.82 Å². The second kappa shape index (κ2) is 6.45. The number of hydrogen-bond donors (Lipinski definition) is 1. The summed E-state index contributed by atoms with van der Waals surface area (Å²) < 4.78 is 19.6. The maximum atomic E-state index is 13.3. The molecule has 1 spiro atoms. The highest BCUT2D eigenvalue weighted by Crippen LogP contribution is 2.41. The van der Waals surface area contributed by atoms with Crippen molar-refractivity contribution in [2.45, 2.75) is 69.6 Å². The molecule has 1 aromatic rings. The van der Waals surface area contributed by atoms with Gasteiger partial charge in [0, 0.05) is 12.6 Å². The normalized spacial score (nSPS) is 26.1. The Morgan fingerprint density at radius 3 is 2.86 bits per heavy atom. The van der Waals surface area contributed by atoms with Crippen LogP contribution in [0.25, 0.3) is 0 Å². The Bertz CT molecular complexity index is 470. The van der Waals surface area contributed by atoms with Crippen LogP contribution in [-0.2, 0) is 4.74 Å². The van der Waals surface area contributed by atoms with Crippen LogP contribution in [0.5, 0.6) is 0 Å². The minimum atomic E-state index is -0.167. The summed E-state index contributed by atoms with van der Waals surface area (Å²) in [5.74, 6) is -0.167. The molecule has 2 aliphatic rings. The lowest BCUT2D eigenvalue weighted by Gasteiger charge is -2.33. The van der Waals surface area contributed by atoms with Crippen molar-refractivity contribution in [3.63, 3.8) is 0 Å². The molecule has 3 heteroatoms. The first-order valence-electron chi connectivity index (χ1n) is 8.34. The van der Waals surface area contributed by atoms with Gasteiger partial charge in [-0.25, -0.2) is 4.39 Å². The van der Waals surface area contributed by atoms with Crippen LogP contribution in [0.2, 0.25) is 0 Å². The van der Waals surface area contributed by atoms with Gasteiger partial charge in [0.1, 0.15) is 5.82 Å². The fourth-order valence-electron chi connectivity index (χ4n) is 3.81. The molecule has 1 aromatic carbocycles. The molecule has 1 aliphatic carbocycles. The molecule has 1 N–H and O–H groups in total. The Morgan fingerprint density at radius 1 is 1.29 bits per heavy atom. The molecule has 1 aliphatic heterocycles. The van der Waals surface area contributed by atoms with E-state index in [0.29, 0.717) is 6.10 Å². The van der Waals surface area contributed by atoms with Gasteiger partial charge < -0.3 is 10.1 Å². The summed E-state index contributed by atoms with van der Waals surface area (Å²) in [6, 6.07) is 7.00. The summed E-state index contributed by atoms with van der Waals surface area (Å²) in [5.41, 5.74) is 1.19. The van der Waals surface area contributed by atoms with Crippen molar-refractivity contribution in [2.75, 3.05) is 6.54 Å². The third-order valence-corrected chi connectivity index (χ3v) is 5.10. The van der Waals surface area contributed by atoms with Gasteiger partial charge in [0.2, 0.25) is 0 Å². The van der Waals surface area contributed by atoms with Gasteiger partial charge in [0.15, 0.2) is 0 Å². The van der Waals surface area contributed by atoms with Gasteiger partial charge in [0.05, 0.1) is 11.7 Å². The average molecular weight is 291 g/mol. The first kappa shape index (κ1) is 15.0. The van der Waals surface area contributed by atoms with E-state index in [1.165, 1.54) is 44.6 Å². The molecule has 2 atom stereocenters. The van der Waals surface area contributed by atoms with E-state index < -0.39 is 0 Å². The van der Waals surface area contributed by atoms with Crippen molar-refractivity contribution < 1.29 is 9.13 Å². The molecular weight excluding hydrogens is 265 g/mol. The van der Waals surface area contributed by atoms with Crippen LogP contribution in [0.3, 0.4) is 0 Å². The minimum absolute atomic E-state index is 0.159. The van der Waals surface area contributed by atoms with Gasteiger partial charge in [-0.05, 0) is 50.3 Å². The van der Waals surface area contributed by atoms with Gasteiger partial charge >= 0.3 is 0 Å². The lowest BCUT2D eigenvalue weighted by Crippen LogP contribution is -2.35. The zero-order chi connectivity index (χ0) is 14.7. The van der Waals surface area contributed by atoms with Crippen molar-refractivity contribution in [1.82, 2.24) is 5.32 Å². The molecule has 1 saturated carbocycles. The number of hydrogen-bond acceptors (Lipinski definition) is 2. The van der Waals surface area contributed by atoms with Crippen molar-refractivity contribution in [3.8, 4) is 0 Å². The van der Waals surface area contributed by atoms with Crippen LogP contribution >= 0.6 is 0 Å². The van der Waals surface area contributed by atoms with Crippen LogP contribution < -0.4 is 5.32 Å². The highest BCUT2D eigenvalue weighted by molar-refractivity contribution is 5.19. The summed E-state index contributed by atoms with van der Waals surface area (Å²) in [7, 11) is 0. The Kier molecular flexibility index (Phi) is 4.60. The van der Waals surface area contributed by atoms with Crippen LogP contribution in [0.1, 0.15) is 63.5 Å². The summed E-state index contributed by atoms with van der Waals surface area (Å²) in [6.07, 6.45) is 9.17. The van der Waals surface area contributed by atoms with Crippen molar-refractivity contribution in [3.05, 3.63) is 35.6 Å². The molecular formula is C18H26FNO. The second-order valence-electron chi connectivity index (χ2n) is 6.71. The van der Waals surface area contributed by atoms with Gasteiger partial charge in [-0.15, -0.1) is 0 Å². The van der Waals surface area contributed by atoms with Crippen molar-refractivity contribution in [1.29, 1.82) is 0 Å². The van der Waals surface area contributed by atoms with Crippen LogP contribution in [0.4, 0.5) is 4.39 Å². The first-order valence-corrected chi connectivity index (χ1v) is 8.34. The number of nitrogens with one attached hydrogen (secondary N) is 1. The third kappa shape index (κ3) is 3.64. The number of ether oxygens (including phenoxy) is 1. The lowest BCUT2D eigenvalue weighted by molar-refractivity contribution is -0.0628. The molecule has 2 fully saturated rings. The first-order chi connectivity index (χ1) is 10.2. The molecule has 21 heavy (non-hydrogen) atoms. The highest BCUT2D eigenvalue weighted by Gasteiger charge is 2.40. The van der Waals surface area contributed by atoms with E-state index in [1.807, 2.05) is 6.07 Å². The van der Waals surface area contributed by atoms with E-state index in [-0.39, 0.29) is 17.5 Å². The molecule has 2 nitrogen and oxygen atoms in total. The Balaban J connectivity index is 1.49. The minimum Gasteiger partial charge on any atom is -0.370 e. The largest absolute Gasteiger partial charge is 0.370 e. The standard InChI is InChI=1S/C18H26FNO/c1-14(15-6-5-7-16(19)12-15)20-13-17-8-11-18(21-17)9-3-2-4-10-18/h5-7,12,14,17,20H,2-4,8-11,13H2,1H3. The number of rotatable bonds is 4. The SMILES string of the molecule is CC(NCC1CCC2(CCCCC2)O1)c1cccc(F)c1. The molecule has 2 unspecified atom stereocenters. The van der Waals surface area contributed by atoms with E-state index in [9.17, 15) is 4.39 Å². The molecule has 0 amide bonds. The van der Waals surface area contributed by atoms with Crippen LogP contribution in [-0.4, -0.2) is 18.2 Å². The zero-order valence-electron chi connectivity index (χ0n) is 12.9. The predicted molar refractivity (Wildman–Crippen MR) is 82.7 cm³/mol. The number of halogens is 1. The molecule has 0 bridgehead atoms. The molecule has 0 radical (unpaired) electrons. The van der Waals surface area contributed by atoms with E-state index in [1.54, 1.807) is 12.1 Å². The monoisotopic (exact) mass is 291 g/mol. The quantitative estimate of drug-likeness (QED) is 0.890. The second-order valence-corrected chi connectivity index (χ2v) is 6.71. The van der Waals surface area contributed by atoms with E-state index in [2.05, 4.69) is 12.2 Å². The molecule has 116 valence electrons. The van der Waals surface area contributed by atoms with E-state index in [4.69, 9.17) is 4.74 Å². The zero-order valence-corrected chi connectivity index (χ0v) is 12.9. The molecule has 3 rings (SSSR count). The Hall–Kier alpha value is -0.930. The molecule has 1 heterocycles. The van der Waals surface area contributed by atoms with Gasteiger partial charge in [-0.1, -0.05) is 31.4 Å². The average Bonchev–Trinajstić information content (AvgIpc) is 2.88. The van der Waals surface area contributed by atoms with E-state index in [0.717, 1.165) is 18.5 Å². The van der Waals surface area contributed by atoms with Gasteiger partial charge in [-0.3, -0.25) is 0 Å². The third-order valence-electron chi connectivity index (χ3n) is 5.10. The summed E-state index contributed by atoms with van der Waals surface area (Å²) in [5, 5.41) is 3.50. The molecule has 1 saturated heterocycles. The highest BCUT2D eigenvalue weighted by atomic mass is 19.1.